The second-order valence-electron chi connectivity index (χ2n) is 5.77. The fraction of sp³-hybridized carbons (Fsp3) is 0.200. The van der Waals surface area contributed by atoms with Crippen LogP contribution in [0, 0.1) is 16.7 Å². The normalized spacial score (nSPS) is 11.7. The fourth-order valence-corrected chi connectivity index (χ4v) is 2.43. The summed E-state index contributed by atoms with van der Waals surface area (Å²) in [4.78, 5) is 12.2. The van der Waals surface area contributed by atoms with Crippen LogP contribution in [0.25, 0.3) is 11.6 Å². The minimum absolute atomic E-state index is 0.291. The molecule has 0 amide bonds. The number of benzene rings is 2. The van der Waals surface area contributed by atoms with Gasteiger partial charge in [-0.3, -0.25) is 4.79 Å². The molecule has 0 saturated heterocycles. The maximum atomic E-state index is 12.2. The number of ether oxygens (including phenoxy) is 1. The predicted molar refractivity (Wildman–Crippen MR) is 91.3 cm³/mol. The lowest BCUT2D eigenvalue weighted by atomic mass is 9.79. The Morgan fingerprint density at radius 1 is 1.09 bits per heavy atom. The Bertz CT molecular complexity index is 750. The van der Waals surface area contributed by atoms with Crippen LogP contribution in [-0.4, -0.2) is 13.1 Å². The van der Waals surface area contributed by atoms with E-state index < -0.39 is 5.41 Å². The summed E-state index contributed by atoms with van der Waals surface area (Å²) < 4.78 is 4.97. The first-order chi connectivity index (χ1) is 11.0. The van der Waals surface area contributed by atoms with Gasteiger partial charge in [-0.05, 0) is 42.7 Å². The van der Waals surface area contributed by atoms with Gasteiger partial charge in [-0.2, -0.15) is 5.26 Å². The van der Waals surface area contributed by atoms with Gasteiger partial charge in [-0.25, -0.2) is 0 Å². The smallest absolute Gasteiger partial charge is 0.315 e. The molecule has 3 nitrogen and oxygen atoms in total. The molecule has 0 aliphatic rings. The lowest BCUT2D eigenvalue weighted by Gasteiger charge is -2.26. The van der Waals surface area contributed by atoms with Crippen LogP contribution in [0.2, 0.25) is 0 Å². The molecule has 2 aromatic rings. The molecule has 0 radical (unpaired) electrons. The predicted octanol–water partition coefficient (Wildman–Crippen LogP) is 4.30. The molecule has 0 atom stereocenters. The van der Waals surface area contributed by atoms with Crippen molar-refractivity contribution in [2.45, 2.75) is 13.8 Å². The van der Waals surface area contributed by atoms with E-state index in [4.69, 9.17) is 10.00 Å². The van der Waals surface area contributed by atoms with Crippen LogP contribution in [0.3, 0.4) is 0 Å². The molecule has 2 aromatic carbocycles. The fourth-order valence-electron chi connectivity index (χ4n) is 2.43. The van der Waals surface area contributed by atoms with Crippen LogP contribution in [0.1, 0.15) is 30.5 Å². The number of hydrogen-bond donors (Lipinski definition) is 0. The van der Waals surface area contributed by atoms with Crippen molar-refractivity contribution in [3.8, 4) is 6.07 Å². The summed E-state index contributed by atoms with van der Waals surface area (Å²) in [5.41, 5.74) is 2.58. The van der Waals surface area contributed by atoms with Crippen molar-refractivity contribution in [3.63, 3.8) is 0 Å². The van der Waals surface area contributed by atoms with Crippen LogP contribution in [0.4, 0.5) is 0 Å². The van der Waals surface area contributed by atoms with Gasteiger partial charge in [-0.15, -0.1) is 0 Å². The number of nitrogens with zero attached hydrogens (tertiary/aromatic N) is 1. The van der Waals surface area contributed by atoms with Gasteiger partial charge in [0.1, 0.15) is 0 Å². The van der Waals surface area contributed by atoms with Crippen LogP contribution in [0.15, 0.2) is 54.6 Å². The van der Waals surface area contributed by atoms with Crippen molar-refractivity contribution in [1.82, 2.24) is 0 Å². The second kappa shape index (κ2) is 6.93. The lowest BCUT2D eigenvalue weighted by Crippen LogP contribution is -2.27. The average molecular weight is 305 g/mol. The Morgan fingerprint density at radius 2 is 1.70 bits per heavy atom. The molecule has 0 spiro atoms. The number of carbonyl (C=O) groups excluding carboxylic acids is 1. The van der Waals surface area contributed by atoms with Crippen LogP contribution < -0.4 is 0 Å². The first-order valence-corrected chi connectivity index (χ1v) is 7.35. The van der Waals surface area contributed by atoms with Gasteiger partial charge in [-0.1, -0.05) is 48.5 Å². The summed E-state index contributed by atoms with van der Waals surface area (Å²) in [7, 11) is 1.40. The number of methoxy groups -OCH3 is 1. The minimum Gasteiger partial charge on any atom is -0.468 e. The molecule has 0 heterocycles. The van der Waals surface area contributed by atoms with Gasteiger partial charge >= 0.3 is 5.97 Å². The molecule has 23 heavy (non-hydrogen) atoms. The molecule has 0 aliphatic carbocycles. The Morgan fingerprint density at radius 3 is 2.22 bits per heavy atom. The molecule has 116 valence electrons. The first-order valence-electron chi connectivity index (χ1n) is 7.35. The lowest BCUT2D eigenvalue weighted by molar-refractivity contribution is -0.147. The Balaban J connectivity index is 2.55. The molecular weight excluding hydrogens is 286 g/mol. The summed E-state index contributed by atoms with van der Waals surface area (Å²) in [6.07, 6.45) is 1.97. The topological polar surface area (TPSA) is 50.1 Å². The van der Waals surface area contributed by atoms with E-state index >= 15 is 0 Å². The largest absolute Gasteiger partial charge is 0.468 e. The third-order valence-electron chi connectivity index (χ3n) is 3.80. The van der Waals surface area contributed by atoms with E-state index in [9.17, 15) is 4.79 Å². The van der Waals surface area contributed by atoms with E-state index in [0.717, 1.165) is 16.7 Å². The Kier molecular flexibility index (Phi) is 4.98. The maximum Gasteiger partial charge on any atom is 0.315 e. The average Bonchev–Trinajstić information content (AvgIpc) is 2.60. The van der Waals surface area contributed by atoms with Crippen molar-refractivity contribution in [3.05, 3.63) is 71.3 Å². The molecule has 0 N–H and O–H groups in total. The molecule has 3 heteroatoms. The molecule has 0 fully saturated rings. The molecule has 0 unspecified atom stereocenters. The van der Waals surface area contributed by atoms with Crippen LogP contribution in [-0.2, 0) is 9.53 Å². The zero-order valence-electron chi connectivity index (χ0n) is 13.5. The van der Waals surface area contributed by atoms with Crippen molar-refractivity contribution in [1.29, 1.82) is 5.26 Å². The Labute approximate surface area is 136 Å². The quantitative estimate of drug-likeness (QED) is 0.625. The highest BCUT2D eigenvalue weighted by atomic mass is 16.5. The SMILES string of the molecule is COC(=O)C(C)(C)/C(=C/c1ccc(C#N)cc1)c1ccccc1. The van der Waals surface area contributed by atoms with Crippen molar-refractivity contribution < 1.29 is 9.53 Å². The van der Waals surface area contributed by atoms with Gasteiger partial charge in [0.15, 0.2) is 0 Å². The summed E-state index contributed by atoms with van der Waals surface area (Å²) in [5.74, 6) is -0.291. The highest BCUT2D eigenvalue weighted by molar-refractivity contribution is 5.98. The third kappa shape index (κ3) is 3.67. The highest BCUT2D eigenvalue weighted by Crippen LogP contribution is 2.37. The third-order valence-corrected chi connectivity index (χ3v) is 3.80. The molecule has 0 aliphatic heterocycles. The van der Waals surface area contributed by atoms with Gasteiger partial charge < -0.3 is 4.74 Å². The minimum atomic E-state index is -0.788. The molecule has 2 rings (SSSR count). The summed E-state index contributed by atoms with van der Waals surface area (Å²) in [5, 5.41) is 8.90. The van der Waals surface area contributed by atoms with E-state index in [1.165, 1.54) is 7.11 Å². The summed E-state index contributed by atoms with van der Waals surface area (Å²) in [6, 6.07) is 19.1. The van der Waals surface area contributed by atoms with E-state index in [1.807, 2.05) is 62.4 Å². The Hall–Kier alpha value is -2.86. The molecule has 0 bridgehead atoms. The summed E-state index contributed by atoms with van der Waals surface area (Å²) in [6.45, 7) is 3.70. The number of carbonyl (C=O) groups is 1. The van der Waals surface area contributed by atoms with E-state index in [2.05, 4.69) is 6.07 Å². The van der Waals surface area contributed by atoms with Gasteiger partial charge in [0.25, 0.3) is 0 Å². The molecule has 0 aromatic heterocycles. The van der Waals surface area contributed by atoms with Gasteiger partial charge in [0.2, 0.25) is 0 Å². The van der Waals surface area contributed by atoms with Crippen LogP contribution >= 0.6 is 0 Å². The van der Waals surface area contributed by atoms with E-state index in [0.29, 0.717) is 5.56 Å². The van der Waals surface area contributed by atoms with E-state index in [-0.39, 0.29) is 5.97 Å². The monoisotopic (exact) mass is 305 g/mol. The van der Waals surface area contributed by atoms with Crippen molar-refractivity contribution in [2.24, 2.45) is 5.41 Å². The number of esters is 1. The first kappa shape index (κ1) is 16.5. The van der Waals surface area contributed by atoms with Gasteiger partial charge in [0, 0.05) is 0 Å². The van der Waals surface area contributed by atoms with Crippen molar-refractivity contribution in [2.75, 3.05) is 7.11 Å². The maximum absolute atomic E-state index is 12.2. The van der Waals surface area contributed by atoms with E-state index in [1.54, 1.807) is 12.1 Å². The number of hydrogen-bond acceptors (Lipinski definition) is 3. The van der Waals surface area contributed by atoms with Crippen molar-refractivity contribution >= 4 is 17.6 Å². The zero-order valence-corrected chi connectivity index (χ0v) is 13.5. The summed E-state index contributed by atoms with van der Waals surface area (Å²) >= 11 is 0. The van der Waals surface area contributed by atoms with Gasteiger partial charge in [0.05, 0.1) is 24.2 Å². The second-order valence-corrected chi connectivity index (χ2v) is 5.77. The molecular formula is C20H19NO2. The number of nitriles is 1. The standard InChI is InChI=1S/C20H19NO2/c1-20(2,19(22)23-3)18(17-7-5-4-6-8-17)13-15-9-11-16(14-21)12-10-15/h4-13H,1-3H3/b18-13+. The number of rotatable bonds is 4. The molecule has 0 saturated carbocycles. The zero-order chi connectivity index (χ0) is 16.9. The van der Waals surface area contributed by atoms with Crippen LogP contribution in [0.5, 0.6) is 0 Å². The highest BCUT2D eigenvalue weighted by Gasteiger charge is 2.33.